The molecule has 2 aliphatic rings. The largest absolute Gasteiger partial charge is 0.377 e. The number of carbonyl (C=O) groups excluding carboxylic acids is 2. The zero-order chi connectivity index (χ0) is 15.3. The third kappa shape index (κ3) is 3.37. The summed E-state index contributed by atoms with van der Waals surface area (Å²) >= 11 is 0. The highest BCUT2D eigenvalue weighted by Gasteiger charge is 2.46. The molecule has 2 unspecified atom stereocenters. The molecular formula is C15H27N3O3. The van der Waals surface area contributed by atoms with Gasteiger partial charge in [0.25, 0.3) is 0 Å². The molecule has 0 aliphatic carbocycles. The number of rotatable bonds is 5. The summed E-state index contributed by atoms with van der Waals surface area (Å²) in [6.07, 6.45) is 2.71. The predicted octanol–water partition coefficient (Wildman–Crippen LogP) is 0.130. The molecule has 0 radical (unpaired) electrons. The highest BCUT2D eigenvalue weighted by molar-refractivity contribution is 5.90. The van der Waals surface area contributed by atoms with Crippen LogP contribution >= 0.6 is 0 Å². The minimum Gasteiger partial charge on any atom is -0.377 e. The Balaban J connectivity index is 2.15. The summed E-state index contributed by atoms with van der Waals surface area (Å²) < 4.78 is 5.42. The van der Waals surface area contributed by atoms with Crippen LogP contribution in [0.3, 0.4) is 0 Å². The Hall–Kier alpha value is -1.14. The van der Waals surface area contributed by atoms with Gasteiger partial charge in [0.2, 0.25) is 11.8 Å². The molecule has 2 fully saturated rings. The molecule has 120 valence electrons. The van der Waals surface area contributed by atoms with Gasteiger partial charge in [-0.2, -0.15) is 0 Å². The maximum atomic E-state index is 13.1. The number of hydrogen-bond donors (Lipinski definition) is 2. The number of morpholine rings is 1. The molecule has 0 aromatic heterocycles. The first-order valence-electron chi connectivity index (χ1n) is 8.02. The minimum absolute atomic E-state index is 0.108. The van der Waals surface area contributed by atoms with Crippen LogP contribution < -0.4 is 10.6 Å². The summed E-state index contributed by atoms with van der Waals surface area (Å²) in [5.74, 6) is 0.0112. The first-order valence-corrected chi connectivity index (χ1v) is 8.02. The van der Waals surface area contributed by atoms with Gasteiger partial charge in [0.1, 0.15) is 6.04 Å². The molecule has 21 heavy (non-hydrogen) atoms. The third-order valence-corrected chi connectivity index (χ3v) is 4.47. The average molecular weight is 297 g/mol. The fourth-order valence-electron chi connectivity index (χ4n) is 3.39. The zero-order valence-corrected chi connectivity index (χ0v) is 13.1. The first kappa shape index (κ1) is 16.2. The van der Waals surface area contributed by atoms with Crippen LogP contribution in [0.15, 0.2) is 0 Å². The molecular weight excluding hydrogens is 270 g/mol. The molecule has 6 heteroatoms. The van der Waals surface area contributed by atoms with Crippen molar-refractivity contribution in [2.45, 2.75) is 39.2 Å². The van der Waals surface area contributed by atoms with Crippen molar-refractivity contribution in [1.82, 2.24) is 15.5 Å². The van der Waals surface area contributed by atoms with Crippen molar-refractivity contribution in [3.63, 3.8) is 0 Å². The average Bonchev–Trinajstić information content (AvgIpc) is 2.97. The Kier molecular flexibility index (Phi) is 5.58. The van der Waals surface area contributed by atoms with Crippen LogP contribution in [-0.4, -0.2) is 62.1 Å². The first-order chi connectivity index (χ1) is 10.1. The lowest BCUT2D eigenvalue weighted by Crippen LogP contribution is -2.59. The van der Waals surface area contributed by atoms with Crippen LogP contribution in [0, 0.1) is 5.41 Å². The van der Waals surface area contributed by atoms with Gasteiger partial charge >= 0.3 is 0 Å². The molecule has 0 aromatic rings. The van der Waals surface area contributed by atoms with E-state index in [2.05, 4.69) is 17.6 Å². The molecule has 2 aliphatic heterocycles. The van der Waals surface area contributed by atoms with E-state index in [1.54, 1.807) is 4.90 Å². The summed E-state index contributed by atoms with van der Waals surface area (Å²) in [5, 5.41) is 6.11. The number of nitrogens with one attached hydrogen (secondary N) is 2. The van der Waals surface area contributed by atoms with Crippen molar-refractivity contribution >= 4 is 11.8 Å². The molecule has 0 spiro atoms. The van der Waals surface area contributed by atoms with E-state index in [-0.39, 0.29) is 17.2 Å². The van der Waals surface area contributed by atoms with Gasteiger partial charge in [0.15, 0.2) is 0 Å². The molecule has 0 bridgehead atoms. The summed E-state index contributed by atoms with van der Waals surface area (Å²) in [5.41, 5.74) is -0.336. The quantitative estimate of drug-likeness (QED) is 0.757. The van der Waals surface area contributed by atoms with E-state index in [9.17, 15) is 9.59 Å². The molecule has 2 amide bonds. The van der Waals surface area contributed by atoms with Gasteiger partial charge < -0.3 is 20.3 Å². The van der Waals surface area contributed by atoms with Gasteiger partial charge in [0.05, 0.1) is 18.6 Å². The Morgan fingerprint density at radius 2 is 2.24 bits per heavy atom. The molecule has 2 rings (SSSR count). The van der Waals surface area contributed by atoms with E-state index in [0.29, 0.717) is 26.3 Å². The topological polar surface area (TPSA) is 70.7 Å². The Morgan fingerprint density at radius 1 is 1.43 bits per heavy atom. The lowest BCUT2D eigenvalue weighted by Gasteiger charge is -2.40. The SMILES string of the molecule is CCCC1(C(=O)N2CCOCC2C(=O)NCC)CCNC1. The lowest BCUT2D eigenvalue weighted by molar-refractivity contribution is -0.156. The second kappa shape index (κ2) is 7.22. The van der Waals surface area contributed by atoms with Gasteiger partial charge in [-0.3, -0.25) is 9.59 Å². The zero-order valence-electron chi connectivity index (χ0n) is 13.1. The van der Waals surface area contributed by atoms with Crippen molar-refractivity contribution in [2.75, 3.05) is 39.4 Å². The Labute approximate surface area is 126 Å². The molecule has 0 saturated carbocycles. The van der Waals surface area contributed by atoms with E-state index >= 15 is 0 Å². The van der Waals surface area contributed by atoms with Crippen molar-refractivity contribution in [3.05, 3.63) is 0 Å². The second-order valence-electron chi connectivity index (χ2n) is 5.94. The summed E-state index contributed by atoms with van der Waals surface area (Å²) in [7, 11) is 0. The van der Waals surface area contributed by atoms with E-state index in [1.165, 1.54) is 0 Å². The van der Waals surface area contributed by atoms with Crippen LogP contribution in [-0.2, 0) is 14.3 Å². The van der Waals surface area contributed by atoms with Gasteiger partial charge in [0, 0.05) is 19.6 Å². The van der Waals surface area contributed by atoms with Crippen LogP contribution in [0.25, 0.3) is 0 Å². The van der Waals surface area contributed by atoms with E-state index in [0.717, 1.165) is 32.4 Å². The molecule has 2 heterocycles. The predicted molar refractivity (Wildman–Crippen MR) is 79.8 cm³/mol. The van der Waals surface area contributed by atoms with E-state index < -0.39 is 6.04 Å². The molecule has 2 atom stereocenters. The van der Waals surface area contributed by atoms with Gasteiger partial charge in [-0.25, -0.2) is 0 Å². The summed E-state index contributed by atoms with van der Waals surface area (Å²) in [6, 6.07) is -0.486. The molecule has 6 nitrogen and oxygen atoms in total. The maximum Gasteiger partial charge on any atom is 0.245 e. The van der Waals surface area contributed by atoms with Crippen molar-refractivity contribution in [3.8, 4) is 0 Å². The standard InChI is InChI=1S/C15H27N3O3/c1-3-5-15(6-7-16-11-15)14(20)18-8-9-21-10-12(18)13(19)17-4-2/h12,16H,3-11H2,1-2H3,(H,17,19). The van der Waals surface area contributed by atoms with Gasteiger partial charge in [-0.1, -0.05) is 13.3 Å². The normalized spacial score (nSPS) is 29.4. The van der Waals surface area contributed by atoms with Gasteiger partial charge in [-0.05, 0) is 26.3 Å². The molecule has 0 aromatic carbocycles. The third-order valence-electron chi connectivity index (χ3n) is 4.47. The second-order valence-corrected chi connectivity index (χ2v) is 5.94. The van der Waals surface area contributed by atoms with Crippen molar-refractivity contribution in [2.24, 2.45) is 5.41 Å². The van der Waals surface area contributed by atoms with Crippen molar-refractivity contribution < 1.29 is 14.3 Å². The fraction of sp³-hybridized carbons (Fsp3) is 0.867. The van der Waals surface area contributed by atoms with Crippen LogP contribution in [0.5, 0.6) is 0 Å². The smallest absolute Gasteiger partial charge is 0.245 e. The Morgan fingerprint density at radius 3 is 2.86 bits per heavy atom. The summed E-state index contributed by atoms with van der Waals surface area (Å²) in [6.45, 7) is 7.47. The highest BCUT2D eigenvalue weighted by atomic mass is 16.5. The number of ether oxygens (including phenoxy) is 1. The number of hydrogen-bond acceptors (Lipinski definition) is 4. The molecule has 2 saturated heterocycles. The number of carbonyl (C=O) groups is 2. The number of amides is 2. The van der Waals surface area contributed by atoms with E-state index in [4.69, 9.17) is 4.74 Å². The monoisotopic (exact) mass is 297 g/mol. The fourth-order valence-corrected chi connectivity index (χ4v) is 3.39. The number of likely N-dealkylation sites (N-methyl/N-ethyl adjacent to an activating group) is 1. The minimum atomic E-state index is -0.486. The maximum absolute atomic E-state index is 13.1. The van der Waals surface area contributed by atoms with E-state index in [1.807, 2.05) is 6.92 Å². The number of nitrogens with zero attached hydrogens (tertiary/aromatic N) is 1. The van der Waals surface area contributed by atoms with Crippen LogP contribution in [0.4, 0.5) is 0 Å². The lowest BCUT2D eigenvalue weighted by atomic mass is 9.80. The molecule has 2 N–H and O–H groups in total. The Bertz CT molecular complexity index is 380. The van der Waals surface area contributed by atoms with Crippen molar-refractivity contribution in [1.29, 1.82) is 0 Å². The van der Waals surface area contributed by atoms with Crippen LogP contribution in [0.2, 0.25) is 0 Å². The van der Waals surface area contributed by atoms with Gasteiger partial charge in [-0.15, -0.1) is 0 Å². The summed E-state index contributed by atoms with van der Waals surface area (Å²) in [4.78, 5) is 27.0. The highest BCUT2D eigenvalue weighted by Crippen LogP contribution is 2.34. The van der Waals surface area contributed by atoms with Crippen LogP contribution in [0.1, 0.15) is 33.1 Å².